The zero-order chi connectivity index (χ0) is 19.1. The summed E-state index contributed by atoms with van der Waals surface area (Å²) < 4.78 is 0. The predicted molar refractivity (Wildman–Crippen MR) is 113 cm³/mol. The SMILES string of the molecule is C/C=C\C=C(/C)[C@H](NCCc1ccccc1)C(=O)c1c[nH]c2ccccc12. The van der Waals surface area contributed by atoms with Crippen molar-refractivity contribution >= 4 is 16.7 Å². The first-order chi connectivity index (χ1) is 13.2. The third-order valence-electron chi connectivity index (χ3n) is 4.73. The van der Waals surface area contributed by atoms with E-state index in [1.165, 1.54) is 5.56 Å². The van der Waals surface area contributed by atoms with Crippen LogP contribution in [0.4, 0.5) is 0 Å². The summed E-state index contributed by atoms with van der Waals surface area (Å²) in [7, 11) is 0. The molecule has 2 N–H and O–H groups in total. The normalized spacial score (nSPS) is 13.3. The largest absolute Gasteiger partial charge is 0.360 e. The van der Waals surface area contributed by atoms with Crippen LogP contribution in [0.1, 0.15) is 29.8 Å². The van der Waals surface area contributed by atoms with Crippen molar-refractivity contribution in [3.63, 3.8) is 0 Å². The minimum Gasteiger partial charge on any atom is -0.360 e. The quantitative estimate of drug-likeness (QED) is 0.436. The molecule has 3 rings (SSSR count). The highest BCUT2D eigenvalue weighted by Crippen LogP contribution is 2.21. The zero-order valence-corrected chi connectivity index (χ0v) is 15.9. The van der Waals surface area contributed by atoms with Crippen molar-refractivity contribution in [1.29, 1.82) is 0 Å². The maximum Gasteiger partial charge on any atom is 0.186 e. The Labute approximate surface area is 160 Å². The van der Waals surface area contributed by atoms with E-state index < -0.39 is 0 Å². The van der Waals surface area contributed by atoms with E-state index in [1.807, 2.05) is 80.7 Å². The molecule has 3 aromatic rings. The molecule has 1 heterocycles. The smallest absolute Gasteiger partial charge is 0.186 e. The fourth-order valence-electron chi connectivity index (χ4n) is 3.24. The van der Waals surface area contributed by atoms with Gasteiger partial charge in [-0.15, -0.1) is 0 Å². The summed E-state index contributed by atoms with van der Waals surface area (Å²) in [6.45, 7) is 4.72. The van der Waals surface area contributed by atoms with Crippen LogP contribution in [0.15, 0.2) is 84.6 Å². The number of carbonyl (C=O) groups excluding carboxylic acids is 1. The Hall–Kier alpha value is -2.91. The van der Waals surface area contributed by atoms with E-state index in [1.54, 1.807) is 0 Å². The summed E-state index contributed by atoms with van der Waals surface area (Å²) in [6.07, 6.45) is 8.66. The number of para-hydroxylation sites is 1. The van der Waals surface area contributed by atoms with Crippen LogP contribution < -0.4 is 5.32 Å². The van der Waals surface area contributed by atoms with Crippen LogP contribution in [-0.4, -0.2) is 23.4 Å². The number of rotatable bonds is 8. The molecular weight excluding hydrogens is 332 g/mol. The van der Waals surface area contributed by atoms with E-state index in [2.05, 4.69) is 22.4 Å². The zero-order valence-electron chi connectivity index (χ0n) is 15.9. The molecule has 0 aliphatic carbocycles. The Morgan fingerprint density at radius 1 is 1.11 bits per heavy atom. The summed E-state index contributed by atoms with van der Waals surface area (Å²) in [5.41, 5.74) is 3.99. The molecule has 0 spiro atoms. The molecule has 0 aliphatic heterocycles. The molecule has 27 heavy (non-hydrogen) atoms. The van der Waals surface area contributed by atoms with Gasteiger partial charge in [0.2, 0.25) is 0 Å². The van der Waals surface area contributed by atoms with Gasteiger partial charge in [-0.25, -0.2) is 0 Å². The van der Waals surface area contributed by atoms with Gasteiger partial charge in [0.15, 0.2) is 5.78 Å². The lowest BCUT2D eigenvalue weighted by atomic mass is 9.97. The van der Waals surface area contributed by atoms with Gasteiger partial charge in [-0.3, -0.25) is 4.79 Å². The average molecular weight is 358 g/mol. The second-order valence-electron chi connectivity index (χ2n) is 6.67. The van der Waals surface area contributed by atoms with Gasteiger partial charge in [-0.1, -0.05) is 66.8 Å². The minimum absolute atomic E-state index is 0.0961. The van der Waals surface area contributed by atoms with E-state index in [9.17, 15) is 4.79 Å². The summed E-state index contributed by atoms with van der Waals surface area (Å²) >= 11 is 0. The van der Waals surface area contributed by atoms with E-state index in [-0.39, 0.29) is 11.8 Å². The number of fused-ring (bicyclic) bond motifs is 1. The summed E-state index contributed by atoms with van der Waals surface area (Å²) in [6, 6.07) is 17.9. The van der Waals surface area contributed by atoms with Crippen LogP contribution >= 0.6 is 0 Å². The molecule has 0 aliphatic rings. The topological polar surface area (TPSA) is 44.9 Å². The van der Waals surface area contributed by atoms with Gasteiger partial charge in [0.25, 0.3) is 0 Å². The number of carbonyl (C=O) groups is 1. The Morgan fingerprint density at radius 2 is 1.85 bits per heavy atom. The number of hydrogen-bond acceptors (Lipinski definition) is 2. The number of aromatic nitrogens is 1. The molecule has 0 bridgehead atoms. The number of hydrogen-bond donors (Lipinski definition) is 2. The van der Waals surface area contributed by atoms with Gasteiger partial charge in [0.05, 0.1) is 6.04 Å². The number of allylic oxidation sites excluding steroid dienone is 3. The second-order valence-corrected chi connectivity index (χ2v) is 6.67. The molecule has 2 aromatic carbocycles. The van der Waals surface area contributed by atoms with Gasteiger partial charge >= 0.3 is 0 Å². The van der Waals surface area contributed by atoms with Crippen LogP contribution in [0.3, 0.4) is 0 Å². The first-order valence-corrected chi connectivity index (χ1v) is 9.38. The highest BCUT2D eigenvalue weighted by molar-refractivity contribution is 6.11. The molecule has 0 saturated carbocycles. The monoisotopic (exact) mass is 358 g/mol. The molecule has 3 nitrogen and oxygen atoms in total. The van der Waals surface area contributed by atoms with Crippen LogP contribution in [0, 0.1) is 0 Å². The van der Waals surface area contributed by atoms with E-state index in [4.69, 9.17) is 0 Å². The highest BCUT2D eigenvalue weighted by Gasteiger charge is 2.23. The van der Waals surface area contributed by atoms with Crippen molar-refractivity contribution in [1.82, 2.24) is 10.3 Å². The van der Waals surface area contributed by atoms with Crippen LogP contribution in [0.2, 0.25) is 0 Å². The molecule has 1 aromatic heterocycles. The second kappa shape index (κ2) is 9.15. The van der Waals surface area contributed by atoms with Crippen molar-refractivity contribution < 1.29 is 4.79 Å². The Bertz CT molecular complexity index is 951. The molecule has 138 valence electrons. The number of benzene rings is 2. The summed E-state index contributed by atoms with van der Waals surface area (Å²) in [5, 5.41) is 4.43. The lowest BCUT2D eigenvalue weighted by Crippen LogP contribution is -2.39. The van der Waals surface area contributed by atoms with Crippen LogP contribution in [-0.2, 0) is 6.42 Å². The fourth-order valence-corrected chi connectivity index (χ4v) is 3.24. The van der Waals surface area contributed by atoms with Gasteiger partial charge < -0.3 is 10.3 Å². The lowest BCUT2D eigenvalue weighted by molar-refractivity contribution is 0.0960. The Kier molecular flexibility index (Phi) is 6.39. The van der Waals surface area contributed by atoms with E-state index in [0.29, 0.717) is 0 Å². The molecular formula is C24H26N2O. The van der Waals surface area contributed by atoms with Gasteiger partial charge in [0.1, 0.15) is 0 Å². The van der Waals surface area contributed by atoms with Gasteiger partial charge in [0, 0.05) is 29.2 Å². The van der Waals surface area contributed by atoms with Gasteiger partial charge in [-0.2, -0.15) is 0 Å². The van der Waals surface area contributed by atoms with Crippen molar-refractivity contribution in [3.8, 4) is 0 Å². The van der Waals surface area contributed by atoms with Crippen LogP contribution in [0.5, 0.6) is 0 Å². The summed E-state index contributed by atoms with van der Waals surface area (Å²) in [5.74, 6) is 0.0961. The molecule has 0 amide bonds. The van der Waals surface area contributed by atoms with Crippen molar-refractivity contribution in [2.75, 3.05) is 6.54 Å². The van der Waals surface area contributed by atoms with E-state index >= 15 is 0 Å². The molecule has 0 radical (unpaired) electrons. The Morgan fingerprint density at radius 3 is 2.63 bits per heavy atom. The standard InChI is InChI=1S/C24H26N2O/c1-3-4-10-18(2)23(25-16-15-19-11-6-5-7-12-19)24(27)21-17-26-22-14-9-8-13-20(21)22/h3-14,17,23,25-26H,15-16H2,1-2H3/b4-3-,18-10+/t23-/m0/s1. The first-order valence-electron chi connectivity index (χ1n) is 9.38. The summed E-state index contributed by atoms with van der Waals surface area (Å²) in [4.78, 5) is 16.5. The number of ketones is 1. The lowest BCUT2D eigenvalue weighted by Gasteiger charge is -2.18. The van der Waals surface area contributed by atoms with Crippen molar-refractivity contribution in [2.45, 2.75) is 26.3 Å². The highest BCUT2D eigenvalue weighted by atomic mass is 16.1. The number of aromatic amines is 1. The van der Waals surface area contributed by atoms with Crippen LogP contribution in [0.25, 0.3) is 10.9 Å². The molecule has 0 unspecified atom stereocenters. The molecule has 0 fully saturated rings. The fraction of sp³-hybridized carbons (Fsp3) is 0.208. The van der Waals surface area contributed by atoms with Gasteiger partial charge in [-0.05, 0) is 37.5 Å². The third kappa shape index (κ3) is 4.63. The predicted octanol–water partition coefficient (Wildman–Crippen LogP) is 5.07. The third-order valence-corrected chi connectivity index (χ3v) is 4.73. The van der Waals surface area contributed by atoms with E-state index in [0.717, 1.165) is 35.0 Å². The maximum atomic E-state index is 13.3. The van der Waals surface area contributed by atoms with Crippen molar-refractivity contribution in [2.24, 2.45) is 0 Å². The van der Waals surface area contributed by atoms with Crippen molar-refractivity contribution in [3.05, 3.63) is 95.7 Å². The number of nitrogens with one attached hydrogen (secondary N) is 2. The Balaban J connectivity index is 1.81. The average Bonchev–Trinajstić information content (AvgIpc) is 3.14. The maximum absolute atomic E-state index is 13.3. The minimum atomic E-state index is -0.343. The number of H-pyrrole nitrogens is 1. The molecule has 0 saturated heterocycles. The molecule has 3 heteroatoms. The first kappa shape index (κ1) is 18.9. The number of Topliss-reactive ketones (excluding diaryl/α,β-unsaturated/α-hetero) is 1. The molecule has 1 atom stereocenters.